The van der Waals surface area contributed by atoms with Gasteiger partial charge in [0.1, 0.15) is 5.82 Å². The maximum atomic E-state index is 12.9. The van der Waals surface area contributed by atoms with Crippen molar-refractivity contribution in [3.05, 3.63) is 65.2 Å². The van der Waals surface area contributed by atoms with Gasteiger partial charge in [-0.15, -0.1) is 0 Å². The number of hydrogen-bond acceptors (Lipinski definition) is 3. The minimum absolute atomic E-state index is 0.163. The number of carboxylic acids is 1. The van der Waals surface area contributed by atoms with Gasteiger partial charge in [0.2, 0.25) is 0 Å². The number of rotatable bonds is 5. The van der Waals surface area contributed by atoms with Gasteiger partial charge in [-0.05, 0) is 30.2 Å². The number of carbonyl (C=O) groups is 2. The van der Waals surface area contributed by atoms with Crippen LogP contribution in [-0.2, 0) is 6.42 Å². The number of nitrogens with one attached hydrogen (secondary N) is 1. The largest absolute Gasteiger partial charge is 0.478 e. The van der Waals surface area contributed by atoms with E-state index in [1.807, 2.05) is 0 Å². The summed E-state index contributed by atoms with van der Waals surface area (Å²) in [7, 11) is 0. The fraction of sp³-hybridized carbons (Fsp3) is 0.133. The zero-order chi connectivity index (χ0) is 15.2. The molecule has 0 saturated carbocycles. The molecule has 0 radical (unpaired) electrons. The van der Waals surface area contributed by atoms with Crippen molar-refractivity contribution in [1.82, 2.24) is 10.3 Å². The molecule has 0 fully saturated rings. The zero-order valence-corrected chi connectivity index (χ0v) is 11.0. The molecular weight excluding hydrogens is 275 g/mol. The minimum Gasteiger partial charge on any atom is -0.478 e. The van der Waals surface area contributed by atoms with E-state index >= 15 is 0 Å². The van der Waals surface area contributed by atoms with Crippen molar-refractivity contribution in [2.24, 2.45) is 0 Å². The Morgan fingerprint density at radius 3 is 2.48 bits per heavy atom. The lowest BCUT2D eigenvalue weighted by molar-refractivity contribution is 0.0696. The molecular formula is C15H13FN2O3. The Hall–Kier alpha value is -2.76. The van der Waals surface area contributed by atoms with Gasteiger partial charge in [-0.25, -0.2) is 9.18 Å². The van der Waals surface area contributed by atoms with Crippen molar-refractivity contribution >= 4 is 11.9 Å². The summed E-state index contributed by atoms with van der Waals surface area (Å²) in [5.41, 5.74) is 1.28. The Kier molecular flexibility index (Phi) is 4.61. The highest BCUT2D eigenvalue weighted by molar-refractivity contribution is 5.93. The maximum absolute atomic E-state index is 12.9. The number of benzene rings is 1. The van der Waals surface area contributed by atoms with E-state index in [1.54, 1.807) is 12.1 Å². The lowest BCUT2D eigenvalue weighted by Gasteiger charge is -2.05. The third kappa shape index (κ3) is 4.10. The number of aromatic nitrogens is 1. The maximum Gasteiger partial charge on any atom is 0.335 e. The molecule has 5 nitrogen and oxygen atoms in total. The van der Waals surface area contributed by atoms with E-state index in [4.69, 9.17) is 5.11 Å². The number of hydrogen-bond donors (Lipinski definition) is 2. The Balaban J connectivity index is 1.86. The van der Waals surface area contributed by atoms with E-state index < -0.39 is 17.7 Å². The first-order valence-corrected chi connectivity index (χ1v) is 6.27. The molecule has 6 heteroatoms. The van der Waals surface area contributed by atoms with Crippen molar-refractivity contribution < 1.29 is 19.1 Å². The molecule has 2 aromatic rings. The fourth-order valence-electron chi connectivity index (χ4n) is 1.77. The third-order valence-corrected chi connectivity index (χ3v) is 2.87. The molecule has 0 aliphatic carbocycles. The predicted molar refractivity (Wildman–Crippen MR) is 73.6 cm³/mol. The summed E-state index contributed by atoms with van der Waals surface area (Å²) in [5.74, 6) is -1.94. The van der Waals surface area contributed by atoms with Crippen LogP contribution < -0.4 is 5.32 Å². The highest BCUT2D eigenvalue weighted by Crippen LogP contribution is 2.05. The highest BCUT2D eigenvalue weighted by Gasteiger charge is 2.07. The normalized spacial score (nSPS) is 10.1. The Morgan fingerprint density at radius 2 is 1.86 bits per heavy atom. The van der Waals surface area contributed by atoms with E-state index in [0.717, 1.165) is 17.8 Å². The van der Waals surface area contributed by atoms with Crippen LogP contribution in [0.5, 0.6) is 0 Å². The molecule has 0 bridgehead atoms. The Labute approximate surface area is 120 Å². The van der Waals surface area contributed by atoms with E-state index in [1.165, 1.54) is 18.3 Å². The quantitative estimate of drug-likeness (QED) is 0.880. The topological polar surface area (TPSA) is 79.3 Å². The van der Waals surface area contributed by atoms with Crippen molar-refractivity contribution in [2.75, 3.05) is 6.54 Å². The van der Waals surface area contributed by atoms with Gasteiger partial charge in [0.05, 0.1) is 17.3 Å². The van der Waals surface area contributed by atoms with Crippen LogP contribution in [0.2, 0.25) is 0 Å². The molecule has 0 atom stereocenters. The number of amides is 1. The van der Waals surface area contributed by atoms with Gasteiger partial charge in [-0.1, -0.05) is 12.1 Å². The fourth-order valence-corrected chi connectivity index (χ4v) is 1.77. The van der Waals surface area contributed by atoms with Crippen molar-refractivity contribution in [3.63, 3.8) is 0 Å². The smallest absolute Gasteiger partial charge is 0.335 e. The summed E-state index contributed by atoms with van der Waals surface area (Å²) in [4.78, 5) is 26.0. The Bertz CT molecular complexity index is 656. The second-order valence-corrected chi connectivity index (χ2v) is 4.40. The Morgan fingerprint density at radius 1 is 1.14 bits per heavy atom. The number of nitrogens with zero attached hydrogens (tertiary/aromatic N) is 1. The monoisotopic (exact) mass is 288 g/mol. The molecule has 1 aromatic carbocycles. The van der Waals surface area contributed by atoms with Gasteiger partial charge in [0.15, 0.2) is 0 Å². The highest BCUT2D eigenvalue weighted by atomic mass is 19.1. The second kappa shape index (κ2) is 6.60. The van der Waals surface area contributed by atoms with Crippen LogP contribution in [0.25, 0.3) is 0 Å². The molecule has 0 spiro atoms. The van der Waals surface area contributed by atoms with Gasteiger partial charge in [0, 0.05) is 12.7 Å². The van der Waals surface area contributed by atoms with E-state index in [-0.39, 0.29) is 11.1 Å². The van der Waals surface area contributed by atoms with Crippen LogP contribution in [0.15, 0.2) is 42.7 Å². The summed E-state index contributed by atoms with van der Waals surface area (Å²) in [6, 6.07) is 7.52. The molecule has 21 heavy (non-hydrogen) atoms. The molecule has 1 aromatic heterocycles. The third-order valence-electron chi connectivity index (χ3n) is 2.87. The molecule has 2 N–H and O–H groups in total. The van der Waals surface area contributed by atoms with Gasteiger partial charge >= 0.3 is 5.97 Å². The molecule has 1 amide bonds. The van der Waals surface area contributed by atoms with Crippen LogP contribution >= 0.6 is 0 Å². The summed E-state index contributed by atoms with van der Waals surface area (Å²) in [6.07, 6.45) is 2.87. The molecule has 0 aliphatic heterocycles. The van der Waals surface area contributed by atoms with Gasteiger partial charge in [0.25, 0.3) is 5.91 Å². The minimum atomic E-state index is -0.978. The first-order valence-electron chi connectivity index (χ1n) is 6.27. The average molecular weight is 288 g/mol. The van der Waals surface area contributed by atoms with Gasteiger partial charge in [-0.2, -0.15) is 0 Å². The van der Waals surface area contributed by atoms with Crippen LogP contribution in [0, 0.1) is 5.82 Å². The van der Waals surface area contributed by atoms with Crippen molar-refractivity contribution in [3.8, 4) is 0 Å². The lowest BCUT2D eigenvalue weighted by atomic mass is 10.1. The molecule has 2 rings (SSSR count). The summed E-state index contributed by atoms with van der Waals surface area (Å²) < 4.78 is 12.9. The van der Waals surface area contributed by atoms with Crippen LogP contribution in [0.1, 0.15) is 26.3 Å². The zero-order valence-electron chi connectivity index (χ0n) is 11.0. The number of aromatic carboxylic acids is 1. The molecule has 0 unspecified atom stereocenters. The first-order chi connectivity index (χ1) is 10.1. The number of halogens is 1. The summed E-state index contributed by atoms with van der Waals surface area (Å²) >= 11 is 0. The molecule has 1 heterocycles. The molecule has 0 saturated heterocycles. The van der Waals surface area contributed by atoms with Crippen molar-refractivity contribution in [1.29, 1.82) is 0 Å². The first kappa shape index (κ1) is 14.6. The van der Waals surface area contributed by atoms with Gasteiger partial charge < -0.3 is 10.4 Å². The van der Waals surface area contributed by atoms with Crippen molar-refractivity contribution in [2.45, 2.75) is 6.42 Å². The van der Waals surface area contributed by atoms with E-state index in [2.05, 4.69) is 10.3 Å². The standard InChI is InChI=1S/C15H13FN2O3/c16-13-7-12(8-17-9-13)14(19)18-6-5-10-1-3-11(4-2-10)15(20)21/h1-4,7-9H,5-6H2,(H,18,19)(H,20,21). The number of carboxylic acid groups (broad SMARTS) is 1. The van der Waals surface area contributed by atoms with Gasteiger partial charge in [-0.3, -0.25) is 9.78 Å². The second-order valence-electron chi connectivity index (χ2n) is 4.40. The lowest BCUT2D eigenvalue weighted by Crippen LogP contribution is -2.25. The SMILES string of the molecule is O=C(O)c1ccc(CCNC(=O)c2cncc(F)c2)cc1. The number of carbonyl (C=O) groups excluding carboxylic acids is 1. The summed E-state index contributed by atoms with van der Waals surface area (Å²) in [6.45, 7) is 0.363. The molecule has 108 valence electrons. The van der Waals surface area contributed by atoms with E-state index in [0.29, 0.717) is 13.0 Å². The predicted octanol–water partition coefficient (Wildman–Crippen LogP) is 1.89. The van der Waals surface area contributed by atoms with E-state index in [9.17, 15) is 14.0 Å². The summed E-state index contributed by atoms with van der Waals surface area (Å²) in [5, 5.41) is 11.4. The number of pyridine rings is 1. The van der Waals surface area contributed by atoms with Crippen LogP contribution in [0.3, 0.4) is 0 Å². The average Bonchev–Trinajstić information content (AvgIpc) is 2.47. The van der Waals surface area contributed by atoms with Crippen LogP contribution in [0.4, 0.5) is 4.39 Å². The molecule has 0 aliphatic rings. The van der Waals surface area contributed by atoms with Crippen LogP contribution in [-0.4, -0.2) is 28.5 Å².